The quantitative estimate of drug-likeness (QED) is 0.372. The largest absolute Gasteiger partial charge is 1.00 e. The third kappa shape index (κ3) is 4.81. The van der Waals surface area contributed by atoms with Crippen LogP contribution in [0.4, 0.5) is 5.82 Å². The van der Waals surface area contributed by atoms with E-state index in [4.69, 9.17) is 13.7 Å². The number of nitrogens with zero attached hydrogens (tertiary/aromatic N) is 2. The Balaban J connectivity index is 0.00000274. The van der Waals surface area contributed by atoms with E-state index in [2.05, 4.69) is 10.5 Å². The first-order valence-electron chi connectivity index (χ1n) is 12.0. The van der Waals surface area contributed by atoms with Crippen LogP contribution in [-0.2, 0) is 19.9 Å². The summed E-state index contributed by atoms with van der Waals surface area (Å²) in [5.41, 5.74) is -1.23. The summed E-state index contributed by atoms with van der Waals surface area (Å²) in [5.74, 6) is -0.252. The van der Waals surface area contributed by atoms with E-state index in [0.717, 1.165) is 58.0 Å². The van der Waals surface area contributed by atoms with Crippen LogP contribution in [0.2, 0.25) is 0 Å². The Bertz CT molecular complexity index is 952. The van der Waals surface area contributed by atoms with Crippen molar-refractivity contribution in [1.29, 1.82) is 0 Å². The molecular weight excluding hydrogens is 506 g/mol. The predicted molar refractivity (Wildman–Crippen MR) is 117 cm³/mol. The minimum atomic E-state index is -1.70. The van der Waals surface area contributed by atoms with Gasteiger partial charge in [-0.2, -0.15) is 0 Å². The first kappa shape index (κ1) is 24.9. The fourth-order valence-corrected chi connectivity index (χ4v) is 6.09. The standard InChI is InChI=1S/C24H31N3O6.BrH/c28-22(25-21-9-13-32-26-21)15-27-10-6-17(7-11-27)20(14-27)33-23(29)24(30,19-8-12-31-16-19)18-4-2-1-3-5-18;/h8-9,12-13,16-18,20,30H,1-7,10-11,14-15H2;1H/t17?,20?,24-,27?;/m1./s1. The molecule has 0 aromatic carbocycles. The van der Waals surface area contributed by atoms with Crippen molar-refractivity contribution >= 4 is 17.7 Å². The maximum atomic E-state index is 13.5. The van der Waals surface area contributed by atoms with Gasteiger partial charge in [0.15, 0.2) is 24.1 Å². The van der Waals surface area contributed by atoms with Gasteiger partial charge in [0.25, 0.3) is 5.91 Å². The molecule has 2 aromatic heterocycles. The maximum Gasteiger partial charge on any atom is 0.343 e. The molecular formula is C24H32BrN3O6. The van der Waals surface area contributed by atoms with E-state index in [1.54, 1.807) is 12.1 Å². The highest BCUT2D eigenvalue weighted by atomic mass is 79.9. The number of piperidine rings is 3. The maximum absolute atomic E-state index is 13.5. The van der Waals surface area contributed by atoms with Gasteiger partial charge >= 0.3 is 5.97 Å². The first-order valence-corrected chi connectivity index (χ1v) is 12.0. The second kappa shape index (κ2) is 10.2. The lowest BCUT2D eigenvalue weighted by Crippen LogP contribution is -3.00. The highest BCUT2D eigenvalue weighted by Crippen LogP contribution is 2.42. The molecule has 6 rings (SSSR count). The number of ether oxygens (including phenoxy) is 1. The fourth-order valence-electron chi connectivity index (χ4n) is 6.09. The number of halogens is 1. The number of hydrogen-bond donors (Lipinski definition) is 2. The Morgan fingerprint density at radius 2 is 1.91 bits per heavy atom. The number of aromatic nitrogens is 1. The molecule has 2 N–H and O–H groups in total. The van der Waals surface area contributed by atoms with E-state index < -0.39 is 11.6 Å². The zero-order chi connectivity index (χ0) is 22.9. The Labute approximate surface area is 209 Å². The summed E-state index contributed by atoms with van der Waals surface area (Å²) in [6, 6.07) is 3.27. The number of furan rings is 1. The van der Waals surface area contributed by atoms with Gasteiger partial charge in [-0.1, -0.05) is 24.4 Å². The number of hydrogen-bond acceptors (Lipinski definition) is 7. The summed E-state index contributed by atoms with van der Waals surface area (Å²) in [7, 11) is 0. The van der Waals surface area contributed by atoms with Crippen LogP contribution in [0.1, 0.15) is 50.5 Å². The van der Waals surface area contributed by atoms with Crippen LogP contribution in [0.3, 0.4) is 0 Å². The molecule has 3 saturated heterocycles. The molecule has 9 nitrogen and oxygen atoms in total. The summed E-state index contributed by atoms with van der Waals surface area (Å²) < 4.78 is 16.6. The van der Waals surface area contributed by atoms with Gasteiger partial charge in [-0.05, 0) is 18.9 Å². The molecule has 1 amide bonds. The topological polar surface area (TPSA) is 115 Å². The van der Waals surface area contributed by atoms with Crippen LogP contribution in [0, 0.1) is 11.8 Å². The van der Waals surface area contributed by atoms with Crippen molar-refractivity contribution in [3.05, 3.63) is 36.5 Å². The molecule has 34 heavy (non-hydrogen) atoms. The van der Waals surface area contributed by atoms with Crippen molar-refractivity contribution in [2.45, 2.75) is 56.7 Å². The van der Waals surface area contributed by atoms with Crippen molar-refractivity contribution in [2.75, 3.05) is 31.5 Å². The lowest BCUT2D eigenvalue weighted by atomic mass is 9.74. The summed E-state index contributed by atoms with van der Waals surface area (Å²) in [4.78, 5) is 26.2. The van der Waals surface area contributed by atoms with E-state index in [1.807, 2.05) is 0 Å². The number of nitrogens with one attached hydrogen (secondary N) is 1. The number of carbonyl (C=O) groups excluding carboxylic acids is 2. The number of anilines is 1. The van der Waals surface area contributed by atoms with Gasteiger partial charge in [0.2, 0.25) is 0 Å². The summed E-state index contributed by atoms with van der Waals surface area (Å²) in [5, 5.41) is 18.2. The predicted octanol–water partition coefficient (Wildman–Crippen LogP) is -0.170. The molecule has 1 aliphatic carbocycles. The van der Waals surface area contributed by atoms with E-state index in [0.29, 0.717) is 29.0 Å². The summed E-state index contributed by atoms with van der Waals surface area (Å²) in [6.07, 6.45) is 10.5. The Morgan fingerprint density at radius 3 is 2.56 bits per heavy atom. The van der Waals surface area contributed by atoms with Gasteiger partial charge in [-0.3, -0.25) is 4.79 Å². The lowest BCUT2D eigenvalue weighted by Gasteiger charge is -2.52. The van der Waals surface area contributed by atoms with Crippen LogP contribution in [0.25, 0.3) is 0 Å². The van der Waals surface area contributed by atoms with Crippen LogP contribution >= 0.6 is 0 Å². The molecule has 186 valence electrons. The molecule has 0 spiro atoms. The molecule has 2 aromatic rings. The van der Waals surface area contributed by atoms with Gasteiger partial charge in [-0.25, -0.2) is 4.79 Å². The molecule has 2 atom stereocenters. The number of quaternary nitrogens is 1. The first-order chi connectivity index (χ1) is 16.0. The smallest absolute Gasteiger partial charge is 0.343 e. The van der Waals surface area contributed by atoms with Crippen molar-refractivity contribution in [1.82, 2.24) is 5.16 Å². The monoisotopic (exact) mass is 537 g/mol. The van der Waals surface area contributed by atoms with Crippen molar-refractivity contribution in [3.63, 3.8) is 0 Å². The lowest BCUT2D eigenvalue weighted by molar-refractivity contribution is -0.939. The zero-order valence-electron chi connectivity index (χ0n) is 19.2. The number of rotatable bonds is 7. The van der Waals surface area contributed by atoms with E-state index >= 15 is 0 Å². The van der Waals surface area contributed by atoms with Crippen LogP contribution in [-0.4, -0.2) is 58.9 Å². The third-order valence-corrected chi connectivity index (χ3v) is 7.95. The second-order valence-corrected chi connectivity index (χ2v) is 9.96. The number of amides is 1. The second-order valence-electron chi connectivity index (χ2n) is 9.96. The zero-order valence-corrected chi connectivity index (χ0v) is 20.7. The Hall–Kier alpha value is -2.17. The van der Waals surface area contributed by atoms with Gasteiger partial charge in [0.1, 0.15) is 12.8 Å². The van der Waals surface area contributed by atoms with Crippen LogP contribution in [0.5, 0.6) is 0 Å². The van der Waals surface area contributed by atoms with E-state index in [-0.39, 0.29) is 40.8 Å². The summed E-state index contributed by atoms with van der Waals surface area (Å²) >= 11 is 0. The molecule has 4 aliphatic rings. The van der Waals surface area contributed by atoms with Crippen molar-refractivity contribution < 1.29 is 49.8 Å². The minimum absolute atomic E-state index is 0. The highest BCUT2D eigenvalue weighted by molar-refractivity contribution is 5.90. The third-order valence-electron chi connectivity index (χ3n) is 7.95. The minimum Gasteiger partial charge on any atom is -1.00 e. The molecule has 2 bridgehead atoms. The number of esters is 1. The Morgan fingerprint density at radius 1 is 1.15 bits per heavy atom. The summed E-state index contributed by atoms with van der Waals surface area (Å²) in [6.45, 7) is 2.62. The molecule has 5 heterocycles. The fraction of sp³-hybridized carbons (Fsp3) is 0.625. The molecule has 10 heteroatoms. The van der Waals surface area contributed by atoms with Crippen molar-refractivity contribution in [2.24, 2.45) is 11.8 Å². The van der Waals surface area contributed by atoms with Gasteiger partial charge in [0, 0.05) is 36.3 Å². The average Bonchev–Trinajstić information content (AvgIpc) is 3.54. The molecule has 1 saturated carbocycles. The van der Waals surface area contributed by atoms with E-state index in [1.165, 1.54) is 18.8 Å². The molecule has 4 fully saturated rings. The number of aliphatic hydroxyl groups is 1. The highest BCUT2D eigenvalue weighted by Gasteiger charge is 2.53. The van der Waals surface area contributed by atoms with Gasteiger partial charge in [-0.15, -0.1) is 0 Å². The van der Waals surface area contributed by atoms with Crippen LogP contribution in [0.15, 0.2) is 39.9 Å². The van der Waals surface area contributed by atoms with E-state index in [9.17, 15) is 14.7 Å². The molecule has 1 unspecified atom stereocenters. The molecule has 0 radical (unpaired) electrons. The van der Waals surface area contributed by atoms with Crippen LogP contribution < -0.4 is 22.3 Å². The average molecular weight is 538 g/mol. The SMILES string of the molecule is O=C(C[N+]12CCC(CC1)C(OC(=O)[C@](O)(c1ccoc1)C1CCCCC1)C2)Nc1ccon1.[Br-]. The van der Waals surface area contributed by atoms with Crippen molar-refractivity contribution in [3.8, 4) is 0 Å². The number of carbonyl (C=O) groups is 2. The number of fused-ring (bicyclic) bond motifs is 3. The molecule has 3 aliphatic heterocycles. The van der Waals surface area contributed by atoms with Gasteiger partial charge < -0.3 is 45.6 Å². The Kier molecular flexibility index (Phi) is 7.49. The van der Waals surface area contributed by atoms with Gasteiger partial charge in [0.05, 0.1) is 25.6 Å². The normalized spacial score (nSPS) is 28.5.